The molecule has 6 nitrogen and oxygen atoms in total. The Morgan fingerprint density at radius 1 is 1.37 bits per heavy atom. The van der Waals surface area contributed by atoms with Crippen LogP contribution in [0.15, 0.2) is 24.3 Å². The number of halogens is 1. The topological polar surface area (TPSA) is 81.2 Å². The summed E-state index contributed by atoms with van der Waals surface area (Å²) in [5, 5.41) is 3.04. The van der Waals surface area contributed by atoms with Crippen LogP contribution in [0.25, 0.3) is 0 Å². The average Bonchev–Trinajstić information content (AvgIpc) is 2.86. The Bertz CT molecular complexity index is 629. The molecule has 98 valence electrons. The van der Waals surface area contributed by atoms with Crippen LogP contribution in [0.5, 0.6) is 0 Å². The van der Waals surface area contributed by atoms with Crippen LogP contribution in [0, 0.1) is 0 Å². The molecule has 19 heavy (non-hydrogen) atoms. The summed E-state index contributed by atoms with van der Waals surface area (Å²) in [6.07, 6.45) is 0. The molecule has 1 N–H and O–H groups in total. The fraction of sp³-hybridized carbons (Fsp3) is 0.0909. The second-order valence-electron chi connectivity index (χ2n) is 3.35. The number of anilines is 1. The summed E-state index contributed by atoms with van der Waals surface area (Å²) in [7, 11) is 1.23. The number of esters is 1. The van der Waals surface area contributed by atoms with E-state index >= 15 is 0 Å². The van der Waals surface area contributed by atoms with E-state index in [9.17, 15) is 9.59 Å². The highest BCUT2D eigenvalue weighted by Crippen LogP contribution is 2.18. The third kappa shape index (κ3) is 3.07. The van der Waals surface area contributed by atoms with Crippen molar-refractivity contribution in [3.05, 3.63) is 40.7 Å². The van der Waals surface area contributed by atoms with E-state index in [0.717, 1.165) is 11.5 Å². The van der Waals surface area contributed by atoms with Crippen molar-refractivity contribution >= 4 is 40.1 Å². The minimum Gasteiger partial charge on any atom is -0.463 e. The van der Waals surface area contributed by atoms with Gasteiger partial charge in [0.25, 0.3) is 11.7 Å². The summed E-state index contributed by atoms with van der Waals surface area (Å²) in [5.74, 6) is -1.17. The molecule has 1 heterocycles. The monoisotopic (exact) mass is 297 g/mol. The lowest BCUT2D eigenvalue weighted by atomic mass is 10.2. The van der Waals surface area contributed by atoms with E-state index in [1.807, 2.05) is 0 Å². The first-order valence-electron chi connectivity index (χ1n) is 5.09. The minimum atomic E-state index is -0.658. The molecule has 0 aliphatic carbocycles. The van der Waals surface area contributed by atoms with Crippen molar-refractivity contribution in [2.45, 2.75) is 0 Å². The highest BCUT2D eigenvalue weighted by Gasteiger charge is 2.16. The van der Waals surface area contributed by atoms with E-state index < -0.39 is 11.9 Å². The van der Waals surface area contributed by atoms with E-state index in [0.29, 0.717) is 10.6 Å². The SMILES string of the molecule is COC(=O)c1nsc(NC(=O)c2ccccc2Cl)n1. The number of carbonyl (C=O) groups is 2. The smallest absolute Gasteiger partial charge is 0.377 e. The molecule has 0 saturated heterocycles. The summed E-state index contributed by atoms with van der Waals surface area (Å²) in [6, 6.07) is 6.61. The molecule has 0 bridgehead atoms. The standard InChI is InChI=1S/C11H8ClN3O3S/c1-18-10(17)8-13-11(19-15-8)14-9(16)6-4-2-3-5-7(6)12/h2-5H,1H3,(H,13,14,15,16). The quantitative estimate of drug-likeness (QED) is 0.879. The molecule has 0 atom stereocenters. The molecule has 2 aromatic rings. The molecule has 1 aromatic heterocycles. The van der Waals surface area contributed by atoms with Gasteiger partial charge in [0.05, 0.1) is 17.7 Å². The molecule has 0 spiro atoms. The predicted octanol–water partition coefficient (Wildman–Crippen LogP) is 2.23. The third-order valence-corrected chi connectivity index (χ3v) is 3.09. The van der Waals surface area contributed by atoms with Gasteiger partial charge in [0, 0.05) is 11.5 Å². The van der Waals surface area contributed by atoms with E-state index in [2.05, 4.69) is 19.4 Å². The fourth-order valence-electron chi connectivity index (χ4n) is 1.26. The van der Waals surface area contributed by atoms with Gasteiger partial charge in [-0.25, -0.2) is 4.79 Å². The van der Waals surface area contributed by atoms with Crippen LogP contribution in [0.1, 0.15) is 21.0 Å². The van der Waals surface area contributed by atoms with Crippen LogP contribution in [-0.4, -0.2) is 28.3 Å². The Hall–Kier alpha value is -1.99. The lowest BCUT2D eigenvalue weighted by molar-refractivity contribution is 0.0588. The molecule has 0 unspecified atom stereocenters. The number of nitrogens with one attached hydrogen (secondary N) is 1. The van der Waals surface area contributed by atoms with Crippen molar-refractivity contribution in [3.63, 3.8) is 0 Å². The van der Waals surface area contributed by atoms with Gasteiger partial charge in [0.2, 0.25) is 5.13 Å². The first-order chi connectivity index (χ1) is 9.11. The number of hydrogen-bond acceptors (Lipinski definition) is 6. The second kappa shape index (κ2) is 5.77. The van der Waals surface area contributed by atoms with E-state index in [1.54, 1.807) is 24.3 Å². The van der Waals surface area contributed by atoms with Crippen LogP contribution in [-0.2, 0) is 4.74 Å². The molecule has 0 saturated carbocycles. The molecule has 1 aromatic carbocycles. The number of rotatable bonds is 3. The Labute approximate surface area is 117 Å². The van der Waals surface area contributed by atoms with Crippen molar-refractivity contribution in [1.82, 2.24) is 9.36 Å². The van der Waals surface area contributed by atoms with Crippen molar-refractivity contribution in [2.24, 2.45) is 0 Å². The number of carbonyl (C=O) groups excluding carboxylic acids is 2. The number of aromatic nitrogens is 2. The van der Waals surface area contributed by atoms with Gasteiger partial charge in [0.1, 0.15) is 0 Å². The van der Waals surface area contributed by atoms with Gasteiger partial charge in [-0.1, -0.05) is 23.7 Å². The minimum absolute atomic E-state index is 0.0954. The summed E-state index contributed by atoms with van der Waals surface area (Å²) in [5.41, 5.74) is 0.319. The van der Waals surface area contributed by atoms with Crippen molar-refractivity contribution in [3.8, 4) is 0 Å². The number of benzene rings is 1. The van der Waals surface area contributed by atoms with Gasteiger partial charge in [-0.05, 0) is 12.1 Å². The average molecular weight is 298 g/mol. The summed E-state index contributed by atoms with van der Waals surface area (Å²) in [6.45, 7) is 0. The van der Waals surface area contributed by atoms with Gasteiger partial charge in [-0.15, -0.1) is 0 Å². The van der Waals surface area contributed by atoms with E-state index in [1.165, 1.54) is 7.11 Å². The number of methoxy groups -OCH3 is 1. The zero-order valence-electron chi connectivity index (χ0n) is 9.71. The maximum Gasteiger partial charge on any atom is 0.377 e. The van der Waals surface area contributed by atoms with Gasteiger partial charge in [-0.3, -0.25) is 10.1 Å². The van der Waals surface area contributed by atoms with E-state index in [-0.39, 0.29) is 11.0 Å². The lowest BCUT2D eigenvalue weighted by Crippen LogP contribution is -2.12. The van der Waals surface area contributed by atoms with Crippen LogP contribution in [0.4, 0.5) is 5.13 Å². The lowest BCUT2D eigenvalue weighted by Gasteiger charge is -2.02. The third-order valence-electron chi connectivity index (χ3n) is 2.13. The van der Waals surface area contributed by atoms with Crippen molar-refractivity contribution < 1.29 is 14.3 Å². The number of nitrogens with zero attached hydrogens (tertiary/aromatic N) is 2. The highest BCUT2D eigenvalue weighted by molar-refractivity contribution is 7.10. The van der Waals surface area contributed by atoms with Gasteiger partial charge >= 0.3 is 5.97 Å². The first kappa shape index (κ1) is 13.4. The molecule has 1 amide bonds. The molecule has 8 heteroatoms. The Balaban J connectivity index is 2.14. The molecular formula is C11H8ClN3O3S. The van der Waals surface area contributed by atoms with Crippen LogP contribution in [0.3, 0.4) is 0 Å². The fourth-order valence-corrected chi connectivity index (χ4v) is 2.03. The molecular weight excluding hydrogens is 290 g/mol. The normalized spacial score (nSPS) is 10.0. The van der Waals surface area contributed by atoms with Gasteiger partial charge < -0.3 is 4.74 Å². The van der Waals surface area contributed by atoms with Crippen LogP contribution >= 0.6 is 23.1 Å². The first-order valence-corrected chi connectivity index (χ1v) is 6.25. The summed E-state index contributed by atoms with van der Waals surface area (Å²) < 4.78 is 8.23. The Morgan fingerprint density at radius 3 is 2.79 bits per heavy atom. The van der Waals surface area contributed by atoms with Crippen LogP contribution in [0.2, 0.25) is 5.02 Å². The van der Waals surface area contributed by atoms with Crippen molar-refractivity contribution in [1.29, 1.82) is 0 Å². The molecule has 0 aliphatic rings. The number of amides is 1. The van der Waals surface area contributed by atoms with Gasteiger partial charge in [0.15, 0.2) is 0 Å². The second-order valence-corrected chi connectivity index (χ2v) is 4.51. The highest BCUT2D eigenvalue weighted by atomic mass is 35.5. The summed E-state index contributed by atoms with van der Waals surface area (Å²) >= 11 is 6.78. The summed E-state index contributed by atoms with van der Waals surface area (Å²) in [4.78, 5) is 26.9. The number of hydrogen-bond donors (Lipinski definition) is 1. The molecule has 0 fully saturated rings. The van der Waals surface area contributed by atoms with Crippen molar-refractivity contribution in [2.75, 3.05) is 12.4 Å². The maximum absolute atomic E-state index is 11.9. The van der Waals surface area contributed by atoms with Crippen LogP contribution < -0.4 is 5.32 Å². The largest absolute Gasteiger partial charge is 0.463 e. The van der Waals surface area contributed by atoms with E-state index in [4.69, 9.17) is 11.6 Å². The Kier molecular flexibility index (Phi) is 4.08. The molecule has 0 aliphatic heterocycles. The predicted molar refractivity (Wildman–Crippen MR) is 70.7 cm³/mol. The van der Waals surface area contributed by atoms with Gasteiger partial charge in [-0.2, -0.15) is 9.36 Å². The maximum atomic E-state index is 11.9. The molecule has 2 rings (SSSR count). The molecule has 0 radical (unpaired) electrons. The zero-order valence-corrected chi connectivity index (χ0v) is 11.3. The Morgan fingerprint density at radius 2 is 2.11 bits per heavy atom. The zero-order chi connectivity index (χ0) is 13.8. The number of ether oxygens (including phenoxy) is 1.